The molecule has 0 amide bonds. The zero-order chi connectivity index (χ0) is 6.78. The summed E-state index contributed by atoms with van der Waals surface area (Å²) in [6, 6.07) is 0. The number of hydrogen-bond donors (Lipinski definition) is 0. The molecule has 0 radical (unpaired) electrons. The van der Waals surface area contributed by atoms with Crippen molar-refractivity contribution >= 4 is 0 Å². The van der Waals surface area contributed by atoms with Crippen LogP contribution in [0.3, 0.4) is 0 Å². The minimum absolute atomic E-state index is 0.375. The van der Waals surface area contributed by atoms with Gasteiger partial charge in [0.15, 0.2) is 5.83 Å². The molecule has 4 heteroatoms. The van der Waals surface area contributed by atoms with Crippen LogP contribution in [0.5, 0.6) is 0 Å². The Kier molecular flexibility index (Phi) is 2.01. The van der Waals surface area contributed by atoms with E-state index in [0.717, 1.165) is 6.92 Å². The summed E-state index contributed by atoms with van der Waals surface area (Å²) in [5.41, 5.74) is 0. The van der Waals surface area contributed by atoms with Gasteiger partial charge in [0.2, 0.25) is 0 Å². The van der Waals surface area contributed by atoms with Gasteiger partial charge in [0.1, 0.15) is 0 Å². The van der Waals surface area contributed by atoms with Crippen LogP contribution in [-0.2, 0) is 0 Å². The number of hydrogen-bond acceptors (Lipinski definition) is 0. The number of rotatable bonds is 0. The van der Waals surface area contributed by atoms with Crippen LogP contribution >= 0.6 is 0 Å². The Morgan fingerprint density at radius 1 is 1.38 bits per heavy atom. The maximum Gasteiger partial charge on any atom is 0.442 e. The van der Waals surface area contributed by atoms with Crippen molar-refractivity contribution in [1.29, 1.82) is 0 Å². The van der Waals surface area contributed by atoms with E-state index in [4.69, 9.17) is 0 Å². The lowest BCUT2D eigenvalue weighted by atomic mass is 10.5. The van der Waals surface area contributed by atoms with Crippen LogP contribution in [0.4, 0.5) is 17.6 Å². The standard InChI is InChI=1S/C4H4F4/c1-2-3(5)4(6,7)8/h2H,1H3/b3-2-. The van der Waals surface area contributed by atoms with Crippen molar-refractivity contribution in [3.05, 3.63) is 11.9 Å². The second-order valence-electron chi connectivity index (χ2n) is 1.13. The second kappa shape index (κ2) is 2.15. The van der Waals surface area contributed by atoms with E-state index in [2.05, 4.69) is 0 Å². The van der Waals surface area contributed by atoms with E-state index in [1.54, 1.807) is 0 Å². The number of alkyl halides is 3. The molecule has 0 aliphatic rings. The van der Waals surface area contributed by atoms with Gasteiger partial charge in [-0.15, -0.1) is 0 Å². The molecule has 0 rings (SSSR count). The van der Waals surface area contributed by atoms with Crippen molar-refractivity contribution in [3.8, 4) is 0 Å². The van der Waals surface area contributed by atoms with E-state index in [1.165, 1.54) is 0 Å². The van der Waals surface area contributed by atoms with Gasteiger partial charge < -0.3 is 0 Å². The minimum Gasteiger partial charge on any atom is -0.202 e. The van der Waals surface area contributed by atoms with Crippen LogP contribution in [0.15, 0.2) is 11.9 Å². The van der Waals surface area contributed by atoms with Crippen molar-refractivity contribution < 1.29 is 17.6 Å². The van der Waals surface area contributed by atoms with Crippen molar-refractivity contribution in [2.45, 2.75) is 13.1 Å². The molecule has 0 N–H and O–H groups in total. The molecule has 0 spiro atoms. The molecule has 0 nitrogen and oxygen atoms in total. The second-order valence-corrected chi connectivity index (χ2v) is 1.13. The van der Waals surface area contributed by atoms with Gasteiger partial charge in [-0.05, 0) is 13.0 Å². The average molecular weight is 128 g/mol. The Morgan fingerprint density at radius 2 is 1.75 bits per heavy atom. The predicted octanol–water partition coefficient (Wildman–Crippen LogP) is 2.42. The van der Waals surface area contributed by atoms with Crippen LogP contribution in [0.25, 0.3) is 0 Å². The highest BCUT2D eigenvalue weighted by Crippen LogP contribution is 2.25. The van der Waals surface area contributed by atoms with Gasteiger partial charge in [0.05, 0.1) is 0 Å². The van der Waals surface area contributed by atoms with E-state index in [0.29, 0.717) is 6.08 Å². The van der Waals surface area contributed by atoms with E-state index in [1.807, 2.05) is 0 Å². The van der Waals surface area contributed by atoms with Gasteiger partial charge >= 0.3 is 6.18 Å². The minimum atomic E-state index is -4.80. The Balaban J connectivity index is 4.03. The summed E-state index contributed by atoms with van der Waals surface area (Å²) < 4.78 is 44.4. The van der Waals surface area contributed by atoms with Crippen LogP contribution in [-0.4, -0.2) is 6.18 Å². The number of allylic oxidation sites excluding steroid dienone is 2. The molecule has 48 valence electrons. The zero-order valence-corrected chi connectivity index (χ0v) is 4.09. The third-order valence-corrected chi connectivity index (χ3v) is 0.524. The summed E-state index contributed by atoms with van der Waals surface area (Å²) in [5.74, 6) is -2.04. The molecule has 0 saturated heterocycles. The topological polar surface area (TPSA) is 0 Å². The zero-order valence-electron chi connectivity index (χ0n) is 4.09. The monoisotopic (exact) mass is 128 g/mol. The van der Waals surface area contributed by atoms with Gasteiger partial charge in [0.25, 0.3) is 0 Å². The smallest absolute Gasteiger partial charge is 0.202 e. The van der Waals surface area contributed by atoms with Crippen LogP contribution in [0, 0.1) is 0 Å². The molecule has 0 bridgehead atoms. The molecule has 0 atom stereocenters. The quantitative estimate of drug-likeness (QED) is 0.439. The summed E-state index contributed by atoms with van der Waals surface area (Å²) in [6.45, 7) is 0.989. The lowest BCUT2D eigenvalue weighted by molar-refractivity contribution is -0.108. The molecule has 0 aromatic carbocycles. The molecule has 0 aromatic heterocycles. The first-order chi connectivity index (χ1) is 3.48. The third-order valence-electron chi connectivity index (χ3n) is 0.524. The van der Waals surface area contributed by atoms with E-state index in [-0.39, 0.29) is 0 Å². The first-order valence-electron chi connectivity index (χ1n) is 1.87. The van der Waals surface area contributed by atoms with Crippen LogP contribution in [0.2, 0.25) is 0 Å². The molecule has 0 heterocycles. The molecule has 0 unspecified atom stereocenters. The van der Waals surface area contributed by atoms with Crippen LogP contribution < -0.4 is 0 Å². The first-order valence-corrected chi connectivity index (χ1v) is 1.87. The van der Waals surface area contributed by atoms with E-state index < -0.39 is 12.0 Å². The lowest BCUT2D eigenvalue weighted by Crippen LogP contribution is -2.06. The summed E-state index contributed by atoms with van der Waals surface area (Å²) >= 11 is 0. The largest absolute Gasteiger partial charge is 0.442 e. The first kappa shape index (κ1) is 7.46. The Morgan fingerprint density at radius 3 is 1.75 bits per heavy atom. The highest BCUT2D eigenvalue weighted by Gasteiger charge is 2.33. The molecule has 0 aliphatic carbocycles. The third kappa shape index (κ3) is 1.95. The van der Waals surface area contributed by atoms with Crippen molar-refractivity contribution in [2.75, 3.05) is 0 Å². The molecule has 0 saturated carbocycles. The summed E-state index contributed by atoms with van der Waals surface area (Å²) in [6.07, 6.45) is -4.42. The Bertz CT molecular complexity index is 99.1. The predicted molar refractivity (Wildman–Crippen MR) is 20.9 cm³/mol. The molecule has 8 heavy (non-hydrogen) atoms. The van der Waals surface area contributed by atoms with E-state index in [9.17, 15) is 17.6 Å². The highest BCUT2D eigenvalue weighted by atomic mass is 19.4. The molecule has 0 fully saturated rings. The molecule has 0 aromatic rings. The van der Waals surface area contributed by atoms with Gasteiger partial charge in [-0.25, -0.2) is 4.39 Å². The van der Waals surface area contributed by atoms with Crippen molar-refractivity contribution in [3.63, 3.8) is 0 Å². The SMILES string of the molecule is C/C=C(\F)C(F)(F)F. The molecular formula is C4H4F4. The van der Waals surface area contributed by atoms with Gasteiger partial charge in [-0.1, -0.05) is 0 Å². The number of halogens is 4. The Labute approximate surface area is 43.8 Å². The summed E-state index contributed by atoms with van der Waals surface area (Å²) in [5, 5.41) is 0. The fourth-order valence-electron chi connectivity index (χ4n) is 0.164. The normalized spacial score (nSPS) is 14.4. The van der Waals surface area contributed by atoms with Gasteiger partial charge in [-0.3, -0.25) is 0 Å². The summed E-state index contributed by atoms with van der Waals surface area (Å²) in [7, 11) is 0. The van der Waals surface area contributed by atoms with Crippen LogP contribution in [0.1, 0.15) is 6.92 Å². The fourth-order valence-corrected chi connectivity index (χ4v) is 0.164. The summed E-state index contributed by atoms with van der Waals surface area (Å²) in [4.78, 5) is 0. The van der Waals surface area contributed by atoms with Crippen molar-refractivity contribution in [2.24, 2.45) is 0 Å². The maximum atomic E-state index is 11.4. The Hall–Kier alpha value is -0.540. The lowest BCUT2D eigenvalue weighted by Gasteiger charge is -1.99. The van der Waals surface area contributed by atoms with Crippen molar-refractivity contribution in [1.82, 2.24) is 0 Å². The molecule has 0 aliphatic heterocycles. The van der Waals surface area contributed by atoms with E-state index >= 15 is 0 Å². The maximum absolute atomic E-state index is 11.4. The highest BCUT2D eigenvalue weighted by molar-refractivity contribution is 4.95. The van der Waals surface area contributed by atoms with Gasteiger partial charge in [0, 0.05) is 0 Å². The van der Waals surface area contributed by atoms with Gasteiger partial charge in [-0.2, -0.15) is 13.2 Å². The fraction of sp³-hybridized carbons (Fsp3) is 0.500. The average Bonchev–Trinajstić information content (AvgIpc) is 1.62. The molecular weight excluding hydrogens is 124 g/mol.